The molecule has 0 radical (unpaired) electrons. The highest BCUT2D eigenvalue weighted by molar-refractivity contribution is 7.99. The summed E-state index contributed by atoms with van der Waals surface area (Å²) in [6.45, 7) is 6.21. The van der Waals surface area contributed by atoms with Gasteiger partial charge in [-0.2, -0.15) is 0 Å². The molecule has 0 aliphatic carbocycles. The maximum Gasteiger partial charge on any atom is 0.0803 e. The highest BCUT2D eigenvalue weighted by atomic mass is 32.2. The van der Waals surface area contributed by atoms with E-state index in [1.165, 1.54) is 58.8 Å². The van der Waals surface area contributed by atoms with Crippen molar-refractivity contribution in [3.8, 4) is 11.3 Å². The number of hydrogen-bond donors (Lipinski definition) is 0. The van der Waals surface area contributed by atoms with Gasteiger partial charge in [0.2, 0.25) is 0 Å². The Hall–Kier alpha value is -3.10. The Morgan fingerprint density at radius 1 is 0.857 bits per heavy atom. The molecule has 0 atom stereocenters. The molecule has 1 nitrogen and oxygen atoms in total. The number of hydrogen-bond acceptors (Lipinski definition) is 2. The minimum Gasteiger partial charge on any atom is -0.256 e. The number of rotatable bonds is 1. The Kier molecular flexibility index (Phi) is 3.24. The molecule has 0 spiro atoms. The maximum atomic E-state index is 4.82. The number of benzene rings is 4. The van der Waals surface area contributed by atoms with Crippen LogP contribution in [0, 0.1) is 6.92 Å². The minimum absolute atomic E-state index is 1.09. The van der Waals surface area contributed by atoms with Gasteiger partial charge < -0.3 is 0 Å². The van der Waals surface area contributed by atoms with Crippen molar-refractivity contribution in [2.75, 3.05) is 0 Å². The number of aryl methyl sites for hydroxylation is 1. The fourth-order valence-corrected chi connectivity index (χ4v) is 5.61. The molecule has 0 amide bonds. The molecule has 0 bridgehead atoms. The second kappa shape index (κ2) is 5.70. The molecule has 5 aromatic rings. The Labute approximate surface area is 167 Å². The first-order valence-corrected chi connectivity index (χ1v) is 10.2. The first-order chi connectivity index (χ1) is 13.7. The van der Waals surface area contributed by atoms with Crippen LogP contribution >= 0.6 is 11.8 Å². The third-order valence-corrected chi connectivity index (χ3v) is 6.89. The lowest BCUT2D eigenvalue weighted by molar-refractivity contribution is 1.30. The summed E-state index contributed by atoms with van der Waals surface area (Å²) in [5.41, 5.74) is 4.81. The molecule has 1 aromatic heterocycles. The second-order valence-corrected chi connectivity index (χ2v) is 8.43. The lowest BCUT2D eigenvalue weighted by Gasteiger charge is -2.22. The van der Waals surface area contributed by atoms with E-state index in [0.717, 1.165) is 5.69 Å². The summed E-state index contributed by atoms with van der Waals surface area (Å²) in [5.74, 6) is 0. The van der Waals surface area contributed by atoms with E-state index in [1.807, 2.05) is 24.0 Å². The fourth-order valence-electron chi connectivity index (χ4n) is 4.44. The first kappa shape index (κ1) is 15.9. The summed E-state index contributed by atoms with van der Waals surface area (Å²) in [5, 5.41) is 7.61. The Balaban J connectivity index is 1.78. The topological polar surface area (TPSA) is 12.9 Å². The van der Waals surface area contributed by atoms with Crippen LogP contribution in [0.15, 0.2) is 83.2 Å². The molecule has 0 fully saturated rings. The van der Waals surface area contributed by atoms with Crippen molar-refractivity contribution >= 4 is 50.2 Å². The molecule has 4 aromatic carbocycles. The van der Waals surface area contributed by atoms with Crippen LogP contribution in [-0.2, 0) is 0 Å². The summed E-state index contributed by atoms with van der Waals surface area (Å²) < 4.78 is 0. The molecule has 0 N–H and O–H groups in total. The van der Waals surface area contributed by atoms with Gasteiger partial charge in [0.15, 0.2) is 0 Å². The Morgan fingerprint density at radius 2 is 1.68 bits per heavy atom. The van der Waals surface area contributed by atoms with Crippen molar-refractivity contribution in [1.82, 2.24) is 4.98 Å². The van der Waals surface area contributed by atoms with Crippen LogP contribution in [0.5, 0.6) is 0 Å². The fraction of sp³-hybridized carbons (Fsp3) is 0.0385. The quantitative estimate of drug-likeness (QED) is 0.274. The standard InChI is InChI=1S/C26H17NS/c1-3-18-15(2)8-9-19-20-10-11-27-26-22-12-16-6-4-5-7-17(16)13-23(22)28-24(25(20)26)14-21(18)19/h3-14H,1H2,2H3. The lowest BCUT2D eigenvalue weighted by Crippen LogP contribution is -1.97. The molecule has 1 aliphatic heterocycles. The van der Waals surface area contributed by atoms with Crippen molar-refractivity contribution in [3.63, 3.8) is 0 Å². The van der Waals surface area contributed by atoms with E-state index in [2.05, 4.69) is 74.2 Å². The summed E-state index contributed by atoms with van der Waals surface area (Å²) in [6.07, 6.45) is 3.93. The van der Waals surface area contributed by atoms with Gasteiger partial charge in [-0.3, -0.25) is 4.98 Å². The van der Waals surface area contributed by atoms with Crippen LogP contribution in [0.2, 0.25) is 0 Å². The van der Waals surface area contributed by atoms with Gasteiger partial charge in [-0.15, -0.1) is 0 Å². The second-order valence-electron chi connectivity index (χ2n) is 7.35. The minimum atomic E-state index is 1.09. The summed E-state index contributed by atoms with van der Waals surface area (Å²) in [7, 11) is 0. The summed E-state index contributed by atoms with van der Waals surface area (Å²) in [6, 6.07) is 22.1. The normalized spacial score (nSPS) is 12.5. The molecule has 132 valence electrons. The van der Waals surface area contributed by atoms with Gasteiger partial charge in [-0.1, -0.05) is 60.8 Å². The van der Waals surface area contributed by atoms with Gasteiger partial charge in [-0.05, 0) is 69.2 Å². The molecule has 28 heavy (non-hydrogen) atoms. The van der Waals surface area contributed by atoms with E-state index in [0.29, 0.717) is 0 Å². The van der Waals surface area contributed by atoms with E-state index in [4.69, 9.17) is 4.98 Å². The molecular formula is C26H17NS. The lowest BCUT2D eigenvalue weighted by atomic mass is 9.93. The van der Waals surface area contributed by atoms with Gasteiger partial charge >= 0.3 is 0 Å². The average Bonchev–Trinajstić information content (AvgIpc) is 2.72. The molecule has 2 heterocycles. The molecule has 0 saturated carbocycles. The van der Waals surface area contributed by atoms with Crippen molar-refractivity contribution in [1.29, 1.82) is 0 Å². The first-order valence-electron chi connectivity index (χ1n) is 9.43. The third kappa shape index (κ3) is 2.07. The molecule has 6 rings (SSSR count). The Morgan fingerprint density at radius 3 is 2.50 bits per heavy atom. The van der Waals surface area contributed by atoms with Crippen molar-refractivity contribution in [2.45, 2.75) is 16.7 Å². The number of nitrogens with zero attached hydrogens (tertiary/aromatic N) is 1. The van der Waals surface area contributed by atoms with Crippen LogP contribution in [0.25, 0.3) is 49.7 Å². The van der Waals surface area contributed by atoms with E-state index >= 15 is 0 Å². The zero-order valence-electron chi connectivity index (χ0n) is 15.5. The summed E-state index contributed by atoms with van der Waals surface area (Å²) >= 11 is 1.86. The van der Waals surface area contributed by atoms with Gasteiger partial charge in [0.25, 0.3) is 0 Å². The predicted octanol–water partition coefficient (Wildman–Crippen LogP) is 7.62. The number of pyridine rings is 1. The van der Waals surface area contributed by atoms with E-state index in [-0.39, 0.29) is 0 Å². The van der Waals surface area contributed by atoms with Crippen molar-refractivity contribution in [2.24, 2.45) is 0 Å². The smallest absolute Gasteiger partial charge is 0.0803 e. The monoisotopic (exact) mass is 375 g/mol. The van der Waals surface area contributed by atoms with Gasteiger partial charge in [-0.25, -0.2) is 0 Å². The maximum absolute atomic E-state index is 4.82. The van der Waals surface area contributed by atoms with Gasteiger partial charge in [0.1, 0.15) is 0 Å². The van der Waals surface area contributed by atoms with E-state index in [9.17, 15) is 0 Å². The Bertz CT molecular complexity index is 1460. The van der Waals surface area contributed by atoms with Gasteiger partial charge in [0, 0.05) is 26.9 Å². The summed E-state index contributed by atoms with van der Waals surface area (Å²) in [4.78, 5) is 7.38. The zero-order valence-corrected chi connectivity index (χ0v) is 16.3. The highest BCUT2D eigenvalue weighted by Crippen LogP contribution is 2.50. The third-order valence-electron chi connectivity index (χ3n) is 5.80. The molecule has 0 unspecified atom stereocenters. The largest absolute Gasteiger partial charge is 0.256 e. The van der Waals surface area contributed by atoms with Crippen molar-refractivity contribution < 1.29 is 0 Å². The molecule has 1 aliphatic rings. The van der Waals surface area contributed by atoms with E-state index in [1.54, 1.807) is 0 Å². The average molecular weight is 375 g/mol. The molecule has 0 saturated heterocycles. The zero-order chi connectivity index (χ0) is 18.8. The predicted molar refractivity (Wildman–Crippen MR) is 121 cm³/mol. The van der Waals surface area contributed by atoms with Crippen LogP contribution < -0.4 is 0 Å². The van der Waals surface area contributed by atoms with E-state index < -0.39 is 0 Å². The van der Waals surface area contributed by atoms with Crippen molar-refractivity contribution in [3.05, 3.63) is 84.6 Å². The van der Waals surface area contributed by atoms with Crippen LogP contribution in [0.1, 0.15) is 11.1 Å². The van der Waals surface area contributed by atoms with Crippen LogP contribution in [0.3, 0.4) is 0 Å². The van der Waals surface area contributed by atoms with Crippen LogP contribution in [0.4, 0.5) is 0 Å². The SMILES string of the molecule is C=Cc1c(C)ccc2c1cc1c3c(nccc32)-c2cc3ccccc3cc2S1. The van der Waals surface area contributed by atoms with Crippen LogP contribution in [-0.4, -0.2) is 4.98 Å². The van der Waals surface area contributed by atoms with Gasteiger partial charge in [0.05, 0.1) is 5.69 Å². The highest BCUT2D eigenvalue weighted by Gasteiger charge is 2.22. The molecule has 2 heteroatoms. The molecular weight excluding hydrogens is 358 g/mol. The number of fused-ring (bicyclic) bond motifs is 5. The number of aromatic nitrogens is 1.